The topological polar surface area (TPSA) is 96.4 Å². The minimum atomic E-state index is -0.998. The minimum Gasteiger partial charge on any atom is -0.484 e. The van der Waals surface area contributed by atoms with Crippen LogP contribution in [0.3, 0.4) is 0 Å². The summed E-state index contributed by atoms with van der Waals surface area (Å²) in [5, 5.41) is 29.7. The molecule has 0 bridgehead atoms. The van der Waals surface area contributed by atoms with Gasteiger partial charge < -0.3 is 9.84 Å². The van der Waals surface area contributed by atoms with Crippen LogP contribution in [0.2, 0.25) is 0 Å². The van der Waals surface area contributed by atoms with Gasteiger partial charge in [0.25, 0.3) is 0 Å². The van der Waals surface area contributed by atoms with E-state index < -0.39 is 10.5 Å². The van der Waals surface area contributed by atoms with Crippen molar-refractivity contribution < 1.29 is 14.8 Å². The van der Waals surface area contributed by atoms with E-state index in [1.165, 1.54) is 12.1 Å². The molecule has 0 amide bonds. The highest BCUT2D eigenvalue weighted by atomic mass is 16.6. The molecule has 0 aliphatic rings. The normalized spacial score (nSPS) is 10.8. The molecule has 0 radical (unpaired) electrons. The minimum absolute atomic E-state index is 0.0211. The Labute approximate surface area is 111 Å². The van der Waals surface area contributed by atoms with Gasteiger partial charge in [-0.05, 0) is 25.0 Å². The number of hydrogen-bond donors (Lipinski definition) is 1. The predicted octanol–water partition coefficient (Wildman–Crippen LogP) is 2.40. The van der Waals surface area contributed by atoms with E-state index in [0.717, 1.165) is 6.07 Å². The number of nitro groups is 1. The lowest BCUT2D eigenvalue weighted by Gasteiger charge is -2.24. The lowest BCUT2D eigenvalue weighted by molar-refractivity contribution is -0.386. The van der Waals surface area contributed by atoms with Crippen LogP contribution in [0.5, 0.6) is 5.75 Å². The Bertz CT molecular complexity index is 504. The van der Waals surface area contributed by atoms with Gasteiger partial charge in [0.05, 0.1) is 22.2 Å². The fourth-order valence-corrected chi connectivity index (χ4v) is 1.52. The monoisotopic (exact) mass is 264 g/mol. The molecule has 0 spiro atoms. The summed E-state index contributed by atoms with van der Waals surface area (Å²) in [4.78, 5) is 10.3. The maximum Gasteiger partial charge on any atom is 0.312 e. The molecule has 0 saturated heterocycles. The number of nitro benzene ring substituents is 1. The van der Waals surface area contributed by atoms with E-state index in [0.29, 0.717) is 12.8 Å². The van der Waals surface area contributed by atoms with Gasteiger partial charge in [-0.25, -0.2) is 0 Å². The maximum absolute atomic E-state index is 10.9. The molecule has 1 aromatic carbocycles. The number of nitriles is 1. The van der Waals surface area contributed by atoms with Crippen LogP contribution < -0.4 is 4.74 Å². The summed E-state index contributed by atoms with van der Waals surface area (Å²) in [6, 6.07) is 5.81. The first-order valence-electron chi connectivity index (χ1n) is 5.99. The quantitative estimate of drug-likeness (QED) is 0.628. The highest BCUT2D eigenvalue weighted by Gasteiger charge is 2.25. The van der Waals surface area contributed by atoms with Crippen LogP contribution >= 0.6 is 0 Å². The zero-order valence-corrected chi connectivity index (χ0v) is 10.9. The first-order chi connectivity index (χ1) is 8.95. The fraction of sp³-hybridized carbons (Fsp3) is 0.462. The largest absolute Gasteiger partial charge is 0.484 e. The second kappa shape index (κ2) is 6.16. The van der Waals surface area contributed by atoms with Crippen molar-refractivity contribution in [3.63, 3.8) is 0 Å². The summed E-state index contributed by atoms with van der Waals surface area (Å²) in [5.41, 5.74) is -1.07. The van der Waals surface area contributed by atoms with Crippen LogP contribution in [0.1, 0.15) is 32.3 Å². The van der Waals surface area contributed by atoms with E-state index in [1.54, 1.807) is 0 Å². The van der Waals surface area contributed by atoms with Gasteiger partial charge in [-0.1, -0.05) is 13.8 Å². The Hall–Kier alpha value is -2.13. The van der Waals surface area contributed by atoms with E-state index >= 15 is 0 Å². The van der Waals surface area contributed by atoms with Crippen LogP contribution in [0, 0.1) is 21.4 Å². The molecule has 1 N–H and O–H groups in total. The highest BCUT2D eigenvalue weighted by Crippen LogP contribution is 2.29. The predicted molar refractivity (Wildman–Crippen MR) is 68.8 cm³/mol. The van der Waals surface area contributed by atoms with Crippen molar-refractivity contribution in [3.8, 4) is 11.8 Å². The third-order valence-corrected chi connectivity index (χ3v) is 3.10. The first-order valence-corrected chi connectivity index (χ1v) is 5.99. The van der Waals surface area contributed by atoms with Crippen LogP contribution in [0.15, 0.2) is 18.2 Å². The van der Waals surface area contributed by atoms with Gasteiger partial charge in [0.2, 0.25) is 0 Å². The molecule has 6 heteroatoms. The van der Waals surface area contributed by atoms with E-state index in [4.69, 9.17) is 10.00 Å². The van der Waals surface area contributed by atoms with Crippen molar-refractivity contribution in [2.75, 3.05) is 6.61 Å². The summed E-state index contributed by atoms with van der Waals surface area (Å²) in [5.74, 6) is 0.0596. The second-order valence-electron chi connectivity index (χ2n) is 4.27. The number of benzene rings is 1. The number of ether oxygens (including phenoxy) is 1. The summed E-state index contributed by atoms with van der Waals surface area (Å²) < 4.78 is 5.34. The zero-order valence-electron chi connectivity index (χ0n) is 10.9. The van der Waals surface area contributed by atoms with Crippen molar-refractivity contribution in [1.82, 2.24) is 0 Å². The zero-order chi connectivity index (χ0) is 14.5. The Morgan fingerprint density at radius 2 is 2.11 bits per heavy atom. The van der Waals surface area contributed by atoms with Gasteiger partial charge in [0, 0.05) is 6.07 Å². The first kappa shape index (κ1) is 14.9. The molecular formula is C13H16N2O4. The third-order valence-electron chi connectivity index (χ3n) is 3.10. The van der Waals surface area contributed by atoms with Crippen molar-refractivity contribution in [2.24, 2.45) is 0 Å². The van der Waals surface area contributed by atoms with Crippen molar-refractivity contribution in [2.45, 2.75) is 32.3 Å². The molecule has 6 nitrogen and oxygen atoms in total. The van der Waals surface area contributed by atoms with Gasteiger partial charge in [-0.2, -0.15) is 5.26 Å². The molecule has 0 saturated carbocycles. The maximum atomic E-state index is 10.9. The number of aliphatic hydroxyl groups is 1. The van der Waals surface area contributed by atoms with Gasteiger partial charge in [-0.3, -0.25) is 10.1 Å². The fourth-order valence-electron chi connectivity index (χ4n) is 1.52. The standard InChI is InChI=1S/C13H16N2O4/c1-3-13(16,4-2)9-19-12-6-5-10(8-14)7-11(12)15(17)18/h5-7,16H,3-4,9H2,1-2H3. The Kier molecular flexibility index (Phi) is 4.84. The number of hydrogen-bond acceptors (Lipinski definition) is 5. The molecule has 102 valence electrons. The molecule has 0 heterocycles. The van der Waals surface area contributed by atoms with Gasteiger partial charge in [0.15, 0.2) is 5.75 Å². The lowest BCUT2D eigenvalue weighted by atomic mass is 9.99. The van der Waals surface area contributed by atoms with Crippen LogP contribution in [-0.2, 0) is 0 Å². The van der Waals surface area contributed by atoms with Crippen LogP contribution in [0.25, 0.3) is 0 Å². The Morgan fingerprint density at radius 1 is 1.47 bits per heavy atom. The SMILES string of the molecule is CCC(O)(CC)COc1ccc(C#N)cc1[N+](=O)[O-]. The smallest absolute Gasteiger partial charge is 0.312 e. The third kappa shape index (κ3) is 3.66. The van der Waals surface area contributed by atoms with E-state index in [1.807, 2.05) is 19.9 Å². The van der Waals surface area contributed by atoms with Crippen molar-refractivity contribution in [3.05, 3.63) is 33.9 Å². The highest BCUT2D eigenvalue weighted by molar-refractivity contribution is 5.51. The van der Waals surface area contributed by atoms with Gasteiger partial charge in [0.1, 0.15) is 6.61 Å². The molecule has 0 atom stereocenters. The molecule has 0 unspecified atom stereocenters. The average molecular weight is 264 g/mol. The molecular weight excluding hydrogens is 248 g/mol. The Balaban J connectivity index is 2.96. The molecule has 0 aromatic heterocycles. The van der Waals surface area contributed by atoms with Gasteiger partial charge in [-0.15, -0.1) is 0 Å². The number of nitrogens with zero attached hydrogens (tertiary/aromatic N) is 2. The summed E-state index contributed by atoms with van der Waals surface area (Å²) in [6.07, 6.45) is 0.987. The van der Waals surface area contributed by atoms with E-state index in [9.17, 15) is 15.2 Å². The molecule has 0 aliphatic heterocycles. The summed E-state index contributed by atoms with van der Waals surface area (Å²) in [7, 11) is 0. The number of rotatable bonds is 6. The molecule has 19 heavy (non-hydrogen) atoms. The van der Waals surface area contributed by atoms with Gasteiger partial charge >= 0.3 is 5.69 Å². The van der Waals surface area contributed by atoms with Crippen LogP contribution in [0.4, 0.5) is 5.69 Å². The van der Waals surface area contributed by atoms with Crippen LogP contribution in [-0.4, -0.2) is 22.2 Å². The van der Waals surface area contributed by atoms with Crippen molar-refractivity contribution in [1.29, 1.82) is 5.26 Å². The van der Waals surface area contributed by atoms with E-state index in [2.05, 4.69) is 0 Å². The van der Waals surface area contributed by atoms with E-state index in [-0.39, 0.29) is 23.6 Å². The molecule has 0 fully saturated rings. The molecule has 0 aliphatic carbocycles. The average Bonchev–Trinajstić information content (AvgIpc) is 2.44. The van der Waals surface area contributed by atoms with Crippen molar-refractivity contribution >= 4 is 5.69 Å². The molecule has 1 rings (SSSR count). The summed E-state index contributed by atoms with van der Waals surface area (Å²) >= 11 is 0. The summed E-state index contributed by atoms with van der Waals surface area (Å²) in [6.45, 7) is 3.62. The molecule has 1 aromatic rings. The lowest BCUT2D eigenvalue weighted by Crippen LogP contribution is -2.34. The second-order valence-corrected chi connectivity index (χ2v) is 4.27. The Morgan fingerprint density at radius 3 is 2.58 bits per heavy atom.